The van der Waals surface area contributed by atoms with Gasteiger partial charge in [0.25, 0.3) is 0 Å². The van der Waals surface area contributed by atoms with Gasteiger partial charge in [-0.05, 0) is 34.4 Å². The van der Waals surface area contributed by atoms with E-state index in [1.165, 1.54) is 33.4 Å². The van der Waals surface area contributed by atoms with Crippen molar-refractivity contribution in [3.05, 3.63) is 191 Å². The molecule has 6 aromatic carbocycles. The Morgan fingerprint density at radius 2 is 0.675 bits per heavy atom. The molecule has 192 valence electrons. The maximum absolute atomic E-state index is 7.07. The van der Waals surface area contributed by atoms with E-state index in [9.17, 15) is 0 Å². The SMILES string of the molecule is c1ccc(C(c2ccccc2)c2cccc3c2Oc2c(cccc2C(c2ccccc2)c2ccccc2)S3)cc1. The quantitative estimate of drug-likeness (QED) is 0.197. The first-order chi connectivity index (χ1) is 19.9. The minimum absolute atomic E-state index is 0.0608. The molecule has 0 amide bonds. The zero-order valence-electron chi connectivity index (χ0n) is 22.0. The van der Waals surface area contributed by atoms with Gasteiger partial charge in [-0.2, -0.15) is 0 Å². The van der Waals surface area contributed by atoms with Crippen LogP contribution < -0.4 is 4.74 Å². The topological polar surface area (TPSA) is 9.23 Å². The van der Waals surface area contributed by atoms with Crippen molar-refractivity contribution >= 4 is 11.8 Å². The van der Waals surface area contributed by atoms with Gasteiger partial charge in [0, 0.05) is 23.0 Å². The molecule has 1 aliphatic rings. The zero-order valence-corrected chi connectivity index (χ0v) is 22.8. The predicted octanol–water partition coefficient (Wildman–Crippen LogP) is 10.3. The summed E-state index contributed by atoms with van der Waals surface area (Å²) in [5, 5.41) is 0. The predicted molar refractivity (Wildman–Crippen MR) is 165 cm³/mol. The average Bonchev–Trinajstić information content (AvgIpc) is 3.03. The fraction of sp³-hybridized carbons (Fsp3) is 0.0526. The van der Waals surface area contributed by atoms with Crippen LogP contribution in [-0.2, 0) is 0 Å². The summed E-state index contributed by atoms with van der Waals surface area (Å²) in [6.45, 7) is 0. The number of benzene rings is 6. The van der Waals surface area contributed by atoms with E-state index < -0.39 is 0 Å². The van der Waals surface area contributed by atoms with Gasteiger partial charge in [-0.15, -0.1) is 0 Å². The highest BCUT2D eigenvalue weighted by molar-refractivity contribution is 7.99. The van der Waals surface area contributed by atoms with E-state index in [0.717, 1.165) is 21.3 Å². The highest BCUT2D eigenvalue weighted by Crippen LogP contribution is 2.54. The molecular formula is C38H28OS. The molecule has 1 nitrogen and oxygen atoms in total. The van der Waals surface area contributed by atoms with Crippen molar-refractivity contribution in [1.29, 1.82) is 0 Å². The summed E-state index contributed by atoms with van der Waals surface area (Å²) < 4.78 is 7.07. The van der Waals surface area contributed by atoms with Gasteiger partial charge in [-0.3, -0.25) is 0 Å². The molecule has 0 atom stereocenters. The first-order valence-corrected chi connectivity index (χ1v) is 14.5. The molecule has 0 bridgehead atoms. The fourth-order valence-corrected chi connectivity index (χ4v) is 6.84. The van der Waals surface area contributed by atoms with Crippen LogP contribution in [0.4, 0.5) is 0 Å². The van der Waals surface area contributed by atoms with Gasteiger partial charge in [0.1, 0.15) is 11.5 Å². The number of ether oxygens (including phenoxy) is 1. The Balaban J connectivity index is 1.39. The van der Waals surface area contributed by atoms with Gasteiger partial charge in [0.05, 0.1) is 9.79 Å². The van der Waals surface area contributed by atoms with E-state index in [4.69, 9.17) is 4.74 Å². The molecule has 0 radical (unpaired) electrons. The van der Waals surface area contributed by atoms with Crippen LogP contribution in [0.1, 0.15) is 45.2 Å². The average molecular weight is 533 g/mol. The Morgan fingerprint density at radius 3 is 1.00 bits per heavy atom. The molecule has 2 heteroatoms. The van der Waals surface area contributed by atoms with Crippen LogP contribution in [0.3, 0.4) is 0 Å². The third-order valence-electron chi connectivity index (χ3n) is 7.60. The van der Waals surface area contributed by atoms with E-state index in [-0.39, 0.29) is 11.8 Å². The summed E-state index contributed by atoms with van der Waals surface area (Å²) in [5.41, 5.74) is 7.36. The van der Waals surface area contributed by atoms with Crippen LogP contribution in [-0.4, -0.2) is 0 Å². The van der Waals surface area contributed by atoms with Crippen LogP contribution in [0.5, 0.6) is 11.5 Å². The van der Waals surface area contributed by atoms with E-state index in [1.807, 2.05) is 0 Å². The van der Waals surface area contributed by atoms with Gasteiger partial charge in [0.2, 0.25) is 0 Å². The molecule has 40 heavy (non-hydrogen) atoms. The van der Waals surface area contributed by atoms with Crippen LogP contribution in [0.15, 0.2) is 168 Å². The Hall–Kier alpha value is -4.53. The number of fused-ring (bicyclic) bond motifs is 2. The Morgan fingerprint density at radius 1 is 0.350 bits per heavy atom. The summed E-state index contributed by atoms with van der Waals surface area (Å²) in [7, 11) is 0. The van der Waals surface area contributed by atoms with Crippen molar-refractivity contribution in [2.75, 3.05) is 0 Å². The number of hydrogen-bond donors (Lipinski definition) is 0. The molecule has 0 N–H and O–H groups in total. The maximum Gasteiger partial charge on any atom is 0.145 e. The number of para-hydroxylation sites is 2. The van der Waals surface area contributed by atoms with Crippen molar-refractivity contribution in [2.24, 2.45) is 0 Å². The van der Waals surface area contributed by atoms with Crippen molar-refractivity contribution in [1.82, 2.24) is 0 Å². The molecule has 7 rings (SSSR count). The van der Waals surface area contributed by atoms with Crippen molar-refractivity contribution in [2.45, 2.75) is 21.6 Å². The van der Waals surface area contributed by atoms with Crippen LogP contribution in [0, 0.1) is 0 Å². The van der Waals surface area contributed by atoms with Gasteiger partial charge >= 0.3 is 0 Å². The first-order valence-electron chi connectivity index (χ1n) is 13.7. The summed E-state index contributed by atoms with van der Waals surface area (Å²) in [5.74, 6) is 2.02. The fourth-order valence-electron chi connectivity index (χ4n) is 5.81. The van der Waals surface area contributed by atoms with Gasteiger partial charge in [-0.1, -0.05) is 157 Å². The minimum Gasteiger partial charge on any atom is -0.454 e. The number of hydrogen-bond acceptors (Lipinski definition) is 2. The zero-order chi connectivity index (χ0) is 26.7. The molecule has 1 aliphatic heterocycles. The van der Waals surface area contributed by atoms with E-state index in [0.29, 0.717) is 0 Å². The molecular weight excluding hydrogens is 504 g/mol. The van der Waals surface area contributed by atoms with E-state index in [1.54, 1.807) is 11.8 Å². The summed E-state index contributed by atoms with van der Waals surface area (Å²) in [6, 6.07) is 56.1. The summed E-state index contributed by atoms with van der Waals surface area (Å²) >= 11 is 1.80. The largest absolute Gasteiger partial charge is 0.454 e. The first kappa shape index (κ1) is 24.5. The van der Waals surface area contributed by atoms with Crippen molar-refractivity contribution < 1.29 is 4.74 Å². The molecule has 6 aromatic rings. The molecule has 0 fully saturated rings. The lowest BCUT2D eigenvalue weighted by molar-refractivity contribution is 0.440. The van der Waals surface area contributed by atoms with E-state index >= 15 is 0 Å². The standard InChI is InChI=1S/C38H28OS/c1-5-15-27(16-6-1)35(28-17-7-2-8-18-28)31-23-13-25-33-37(31)39-38-32(24-14-26-34(38)40-33)36(29-19-9-3-10-20-29)30-21-11-4-12-22-30/h1-26,35-36H. The monoisotopic (exact) mass is 532 g/mol. The maximum atomic E-state index is 7.07. The van der Waals surface area contributed by atoms with Gasteiger partial charge < -0.3 is 4.74 Å². The smallest absolute Gasteiger partial charge is 0.145 e. The highest BCUT2D eigenvalue weighted by atomic mass is 32.2. The van der Waals surface area contributed by atoms with Crippen LogP contribution in [0.2, 0.25) is 0 Å². The lowest BCUT2D eigenvalue weighted by Gasteiger charge is -2.29. The minimum atomic E-state index is 0.0608. The summed E-state index contributed by atoms with van der Waals surface area (Å²) in [6.07, 6.45) is 0. The van der Waals surface area contributed by atoms with Crippen LogP contribution in [0.25, 0.3) is 0 Å². The molecule has 1 heterocycles. The second kappa shape index (κ2) is 10.9. The molecule has 0 aliphatic carbocycles. The summed E-state index contributed by atoms with van der Waals surface area (Å²) in [4.78, 5) is 2.30. The molecule has 0 saturated carbocycles. The van der Waals surface area contributed by atoms with Gasteiger partial charge in [0.15, 0.2) is 0 Å². The lowest BCUT2D eigenvalue weighted by Crippen LogP contribution is -2.10. The Kier molecular flexibility index (Phi) is 6.69. The molecule has 0 unspecified atom stereocenters. The van der Waals surface area contributed by atoms with E-state index in [2.05, 4.69) is 158 Å². The molecule has 0 spiro atoms. The Bertz CT molecular complexity index is 1520. The lowest BCUT2D eigenvalue weighted by atomic mass is 9.84. The third kappa shape index (κ3) is 4.61. The Labute approximate surface area is 240 Å². The second-order valence-electron chi connectivity index (χ2n) is 10.1. The highest BCUT2D eigenvalue weighted by Gasteiger charge is 2.30. The number of rotatable bonds is 6. The van der Waals surface area contributed by atoms with Gasteiger partial charge in [-0.25, -0.2) is 0 Å². The van der Waals surface area contributed by atoms with Crippen molar-refractivity contribution in [3.8, 4) is 11.5 Å². The molecule has 0 aromatic heterocycles. The normalized spacial score (nSPS) is 12.1. The van der Waals surface area contributed by atoms with Crippen molar-refractivity contribution in [3.63, 3.8) is 0 Å². The third-order valence-corrected chi connectivity index (χ3v) is 8.68. The molecule has 0 saturated heterocycles. The second-order valence-corrected chi connectivity index (χ2v) is 11.1. The van der Waals surface area contributed by atoms with Crippen LogP contribution >= 0.6 is 11.8 Å².